The summed E-state index contributed by atoms with van der Waals surface area (Å²) in [5.74, 6) is 0.463. The van der Waals surface area contributed by atoms with Crippen LogP contribution in [0.2, 0.25) is 0 Å². The number of carbonyl (C=O) groups is 1. The minimum atomic E-state index is -0.160. The zero-order chi connectivity index (χ0) is 13.8. The highest BCUT2D eigenvalue weighted by Crippen LogP contribution is 2.16. The average molecular weight is 262 g/mol. The van der Waals surface area contributed by atoms with Crippen molar-refractivity contribution in [3.8, 4) is 0 Å². The Morgan fingerprint density at radius 1 is 1.47 bits per heavy atom. The fourth-order valence-electron chi connectivity index (χ4n) is 2.52. The van der Waals surface area contributed by atoms with Gasteiger partial charge in [0.25, 0.3) is 0 Å². The van der Waals surface area contributed by atoms with Crippen LogP contribution in [0.25, 0.3) is 0 Å². The molecule has 4 N–H and O–H groups in total. The molecule has 0 radical (unpaired) electrons. The van der Waals surface area contributed by atoms with Crippen LogP contribution in [-0.4, -0.2) is 37.1 Å². The number of piperidine rings is 1. The van der Waals surface area contributed by atoms with Crippen molar-refractivity contribution in [1.29, 1.82) is 0 Å². The van der Waals surface area contributed by atoms with Gasteiger partial charge in [-0.05, 0) is 44.1 Å². The van der Waals surface area contributed by atoms with Crippen LogP contribution in [-0.2, 0) is 0 Å². The van der Waals surface area contributed by atoms with Crippen LogP contribution in [0.1, 0.15) is 13.3 Å². The van der Waals surface area contributed by atoms with E-state index in [1.54, 1.807) is 12.1 Å². The van der Waals surface area contributed by atoms with Gasteiger partial charge in [-0.25, -0.2) is 4.79 Å². The highest BCUT2D eigenvalue weighted by Gasteiger charge is 2.25. The zero-order valence-corrected chi connectivity index (χ0v) is 11.5. The molecule has 1 saturated heterocycles. The third-order valence-corrected chi connectivity index (χ3v) is 3.57. The number of nitrogens with zero attached hydrogens (tertiary/aromatic N) is 1. The molecule has 104 valence electrons. The fourth-order valence-corrected chi connectivity index (χ4v) is 2.52. The Hall–Kier alpha value is -1.75. The number of nitrogens with one attached hydrogen (secondary N) is 2. The molecule has 2 atom stereocenters. The van der Waals surface area contributed by atoms with Crippen LogP contribution in [0.5, 0.6) is 0 Å². The predicted molar refractivity (Wildman–Crippen MR) is 78.1 cm³/mol. The molecule has 5 nitrogen and oxygen atoms in total. The summed E-state index contributed by atoms with van der Waals surface area (Å²) < 4.78 is 0. The van der Waals surface area contributed by atoms with Crippen molar-refractivity contribution in [2.45, 2.75) is 19.4 Å². The van der Waals surface area contributed by atoms with Gasteiger partial charge in [0.1, 0.15) is 0 Å². The van der Waals surface area contributed by atoms with Crippen LogP contribution < -0.4 is 16.4 Å². The molecule has 0 aliphatic carbocycles. The molecule has 0 spiro atoms. The lowest BCUT2D eigenvalue weighted by Gasteiger charge is -2.35. The number of hydrogen-bond acceptors (Lipinski definition) is 3. The van der Waals surface area contributed by atoms with E-state index in [0.29, 0.717) is 11.6 Å². The SMILES string of the molecule is CC1CN(C)CCC1NC(=O)Nc1cccc(N)c1. The molecule has 0 saturated carbocycles. The first-order chi connectivity index (χ1) is 9.04. The van der Waals surface area contributed by atoms with Crippen LogP contribution in [0.15, 0.2) is 24.3 Å². The molecule has 1 heterocycles. The largest absolute Gasteiger partial charge is 0.399 e. The number of urea groups is 1. The predicted octanol–water partition coefficient (Wildman–Crippen LogP) is 1.73. The third-order valence-electron chi connectivity index (χ3n) is 3.57. The zero-order valence-electron chi connectivity index (χ0n) is 11.5. The summed E-state index contributed by atoms with van der Waals surface area (Å²) in [5.41, 5.74) is 7.04. The van der Waals surface area contributed by atoms with Crippen molar-refractivity contribution in [1.82, 2.24) is 10.2 Å². The molecule has 0 bridgehead atoms. The smallest absolute Gasteiger partial charge is 0.319 e. The number of amides is 2. The Morgan fingerprint density at radius 3 is 2.95 bits per heavy atom. The minimum Gasteiger partial charge on any atom is -0.399 e. The molecular weight excluding hydrogens is 240 g/mol. The number of nitrogen functional groups attached to an aromatic ring is 1. The Bertz CT molecular complexity index is 449. The Kier molecular flexibility index (Phi) is 4.27. The fraction of sp³-hybridized carbons (Fsp3) is 0.500. The van der Waals surface area contributed by atoms with Gasteiger partial charge in [-0.2, -0.15) is 0 Å². The van der Waals surface area contributed by atoms with Gasteiger partial charge in [0.05, 0.1) is 0 Å². The van der Waals surface area contributed by atoms with Crippen molar-refractivity contribution >= 4 is 17.4 Å². The number of carbonyl (C=O) groups excluding carboxylic acids is 1. The Morgan fingerprint density at radius 2 is 2.26 bits per heavy atom. The van der Waals surface area contributed by atoms with Crippen LogP contribution in [0.3, 0.4) is 0 Å². The van der Waals surface area contributed by atoms with Crippen LogP contribution in [0.4, 0.5) is 16.2 Å². The van der Waals surface area contributed by atoms with Gasteiger partial charge >= 0.3 is 6.03 Å². The number of nitrogens with two attached hydrogens (primary N) is 1. The van der Waals surface area contributed by atoms with Crippen molar-refractivity contribution in [2.75, 3.05) is 31.2 Å². The average Bonchev–Trinajstić information content (AvgIpc) is 2.33. The maximum absolute atomic E-state index is 11.9. The number of likely N-dealkylation sites (tertiary alicyclic amines) is 1. The first-order valence-corrected chi connectivity index (χ1v) is 6.66. The number of anilines is 2. The topological polar surface area (TPSA) is 70.4 Å². The molecule has 1 fully saturated rings. The minimum absolute atomic E-state index is 0.160. The van der Waals surface area contributed by atoms with E-state index < -0.39 is 0 Å². The highest BCUT2D eigenvalue weighted by atomic mass is 16.2. The van der Waals surface area contributed by atoms with Crippen molar-refractivity contribution in [3.63, 3.8) is 0 Å². The second-order valence-electron chi connectivity index (χ2n) is 5.36. The molecule has 1 aromatic rings. The third kappa shape index (κ3) is 3.86. The summed E-state index contributed by atoms with van der Waals surface area (Å²) in [7, 11) is 2.11. The molecule has 1 aliphatic heterocycles. The van der Waals surface area contributed by atoms with Crippen molar-refractivity contribution in [2.24, 2.45) is 5.92 Å². The van der Waals surface area contributed by atoms with E-state index in [9.17, 15) is 4.79 Å². The van der Waals surface area contributed by atoms with E-state index in [2.05, 4.69) is 29.5 Å². The summed E-state index contributed by atoms with van der Waals surface area (Å²) >= 11 is 0. The second-order valence-corrected chi connectivity index (χ2v) is 5.36. The lowest BCUT2D eigenvalue weighted by atomic mass is 9.94. The number of benzene rings is 1. The number of rotatable bonds is 2. The van der Waals surface area contributed by atoms with Gasteiger partial charge in [0.15, 0.2) is 0 Å². The van der Waals surface area contributed by atoms with Crippen molar-refractivity contribution < 1.29 is 4.79 Å². The van der Waals surface area contributed by atoms with Gasteiger partial charge in [-0.3, -0.25) is 0 Å². The van der Waals surface area contributed by atoms with E-state index in [-0.39, 0.29) is 12.1 Å². The molecule has 19 heavy (non-hydrogen) atoms. The molecule has 2 unspecified atom stereocenters. The summed E-state index contributed by atoms with van der Waals surface area (Å²) in [6.45, 7) is 4.21. The van der Waals surface area contributed by atoms with Gasteiger partial charge in [-0.1, -0.05) is 13.0 Å². The molecule has 0 aromatic heterocycles. The van der Waals surface area contributed by atoms with Crippen molar-refractivity contribution in [3.05, 3.63) is 24.3 Å². The maximum Gasteiger partial charge on any atom is 0.319 e. The number of hydrogen-bond donors (Lipinski definition) is 3. The standard InChI is InChI=1S/C14H22N4O/c1-10-9-18(2)7-6-13(10)17-14(19)16-12-5-3-4-11(15)8-12/h3-5,8,10,13H,6-7,9,15H2,1-2H3,(H2,16,17,19). The summed E-state index contributed by atoms with van der Waals surface area (Å²) in [4.78, 5) is 14.2. The lowest BCUT2D eigenvalue weighted by molar-refractivity contribution is 0.176. The second kappa shape index (κ2) is 5.93. The lowest BCUT2D eigenvalue weighted by Crippen LogP contribution is -2.49. The highest BCUT2D eigenvalue weighted by molar-refractivity contribution is 5.89. The molecule has 5 heteroatoms. The first kappa shape index (κ1) is 13.7. The monoisotopic (exact) mass is 262 g/mol. The van der Waals surface area contributed by atoms with E-state index in [0.717, 1.165) is 25.2 Å². The van der Waals surface area contributed by atoms with Gasteiger partial charge in [0.2, 0.25) is 0 Å². The summed E-state index contributed by atoms with van der Waals surface area (Å²) in [6.07, 6.45) is 0.988. The molecule has 2 amide bonds. The molecule has 1 aromatic carbocycles. The van der Waals surface area contributed by atoms with Gasteiger partial charge in [-0.15, -0.1) is 0 Å². The Balaban J connectivity index is 1.87. The first-order valence-electron chi connectivity index (χ1n) is 6.66. The van der Waals surface area contributed by atoms with Gasteiger partial charge < -0.3 is 21.3 Å². The van der Waals surface area contributed by atoms with E-state index >= 15 is 0 Å². The molecular formula is C14H22N4O. The van der Waals surface area contributed by atoms with Gasteiger partial charge in [0, 0.05) is 24.0 Å². The summed E-state index contributed by atoms with van der Waals surface area (Å²) in [5, 5.41) is 5.86. The quantitative estimate of drug-likeness (QED) is 0.711. The molecule has 2 rings (SSSR count). The van der Waals surface area contributed by atoms with Crippen LogP contribution in [0, 0.1) is 5.92 Å². The Labute approximate surface area is 114 Å². The maximum atomic E-state index is 11.9. The normalized spacial score (nSPS) is 23.9. The summed E-state index contributed by atoms with van der Waals surface area (Å²) in [6, 6.07) is 7.26. The van der Waals surface area contributed by atoms with E-state index in [1.165, 1.54) is 0 Å². The van der Waals surface area contributed by atoms with E-state index in [4.69, 9.17) is 5.73 Å². The molecule has 1 aliphatic rings. The van der Waals surface area contributed by atoms with Crippen LogP contribution >= 0.6 is 0 Å². The van der Waals surface area contributed by atoms with E-state index in [1.807, 2.05) is 12.1 Å².